The lowest BCUT2D eigenvalue weighted by atomic mass is 10.1. The van der Waals surface area contributed by atoms with E-state index in [-0.39, 0.29) is 5.91 Å². The van der Waals surface area contributed by atoms with Crippen molar-refractivity contribution < 1.29 is 13.6 Å². The highest BCUT2D eigenvalue weighted by molar-refractivity contribution is 5.77. The monoisotopic (exact) mass is 256 g/mol. The van der Waals surface area contributed by atoms with Crippen LogP contribution >= 0.6 is 0 Å². The zero-order valence-electron chi connectivity index (χ0n) is 10.7. The van der Waals surface area contributed by atoms with Crippen molar-refractivity contribution in [1.82, 2.24) is 10.2 Å². The van der Waals surface area contributed by atoms with Crippen molar-refractivity contribution in [1.29, 1.82) is 0 Å². The average Bonchev–Trinajstić information content (AvgIpc) is 2.36. The maximum Gasteiger partial charge on any atom is 0.236 e. The van der Waals surface area contributed by atoms with Gasteiger partial charge in [-0.05, 0) is 30.7 Å². The van der Waals surface area contributed by atoms with E-state index in [0.29, 0.717) is 25.1 Å². The van der Waals surface area contributed by atoms with E-state index in [9.17, 15) is 13.6 Å². The minimum Gasteiger partial charge on any atom is -0.344 e. The van der Waals surface area contributed by atoms with Crippen LogP contribution in [0, 0.1) is 11.6 Å². The Bertz CT molecular complexity index is 410. The van der Waals surface area contributed by atoms with Crippen LogP contribution in [0.25, 0.3) is 0 Å². The summed E-state index contributed by atoms with van der Waals surface area (Å²) in [4.78, 5) is 13.1. The molecule has 1 aromatic rings. The molecule has 0 bridgehead atoms. The van der Waals surface area contributed by atoms with Gasteiger partial charge in [0.15, 0.2) is 11.6 Å². The molecule has 1 rings (SSSR count). The van der Waals surface area contributed by atoms with E-state index in [2.05, 4.69) is 5.32 Å². The molecule has 1 N–H and O–H groups in total. The normalized spacial score (nSPS) is 10.4. The largest absolute Gasteiger partial charge is 0.344 e. The van der Waals surface area contributed by atoms with Crippen LogP contribution < -0.4 is 5.32 Å². The molecule has 0 aliphatic carbocycles. The Kier molecular flexibility index (Phi) is 5.71. The van der Waals surface area contributed by atoms with Gasteiger partial charge in [-0.2, -0.15) is 0 Å². The minimum atomic E-state index is -0.853. The number of hydrogen-bond donors (Lipinski definition) is 1. The molecule has 5 heteroatoms. The van der Waals surface area contributed by atoms with Gasteiger partial charge in [0.05, 0.1) is 6.54 Å². The van der Waals surface area contributed by atoms with Crippen molar-refractivity contribution in [2.24, 2.45) is 0 Å². The molecule has 0 atom stereocenters. The first-order valence-electron chi connectivity index (χ1n) is 5.93. The fourth-order valence-corrected chi connectivity index (χ4v) is 1.48. The molecule has 0 saturated carbocycles. The van der Waals surface area contributed by atoms with Gasteiger partial charge in [-0.1, -0.05) is 13.0 Å². The number of nitrogens with one attached hydrogen (secondary N) is 1. The zero-order valence-corrected chi connectivity index (χ0v) is 10.7. The Labute approximate surface area is 106 Å². The number of likely N-dealkylation sites (N-methyl/N-ethyl adjacent to an activating group) is 2. The standard InChI is InChI=1S/C13H18F2N2O/c1-3-16-9-13(18)17(2)7-6-10-4-5-11(14)12(15)8-10/h4-5,8,16H,3,6-7,9H2,1-2H3. The Morgan fingerprint density at radius 3 is 2.67 bits per heavy atom. The highest BCUT2D eigenvalue weighted by Gasteiger charge is 2.08. The van der Waals surface area contributed by atoms with Crippen LogP contribution in [0.5, 0.6) is 0 Å². The summed E-state index contributed by atoms with van der Waals surface area (Å²) in [5.74, 6) is -1.72. The second kappa shape index (κ2) is 7.06. The quantitative estimate of drug-likeness (QED) is 0.838. The van der Waals surface area contributed by atoms with Crippen molar-refractivity contribution >= 4 is 5.91 Å². The van der Waals surface area contributed by atoms with Crippen LogP contribution in [-0.4, -0.2) is 37.5 Å². The zero-order chi connectivity index (χ0) is 13.5. The number of rotatable bonds is 6. The molecule has 0 heterocycles. The van der Waals surface area contributed by atoms with E-state index in [1.54, 1.807) is 11.9 Å². The third kappa shape index (κ3) is 4.41. The first-order chi connectivity index (χ1) is 8.54. The summed E-state index contributed by atoms with van der Waals surface area (Å²) in [6, 6.07) is 3.80. The summed E-state index contributed by atoms with van der Waals surface area (Å²) >= 11 is 0. The van der Waals surface area contributed by atoms with Crippen LogP contribution in [0.1, 0.15) is 12.5 Å². The second-order valence-corrected chi connectivity index (χ2v) is 4.09. The van der Waals surface area contributed by atoms with Gasteiger partial charge in [-0.15, -0.1) is 0 Å². The maximum atomic E-state index is 13.0. The summed E-state index contributed by atoms with van der Waals surface area (Å²) in [5, 5.41) is 2.94. The molecule has 0 spiro atoms. The molecule has 0 radical (unpaired) electrons. The molecule has 0 aliphatic rings. The Morgan fingerprint density at radius 2 is 2.06 bits per heavy atom. The van der Waals surface area contributed by atoms with Crippen LogP contribution in [0.15, 0.2) is 18.2 Å². The molecular weight excluding hydrogens is 238 g/mol. The third-order valence-corrected chi connectivity index (χ3v) is 2.67. The molecule has 0 unspecified atom stereocenters. The lowest BCUT2D eigenvalue weighted by Crippen LogP contribution is -2.36. The van der Waals surface area contributed by atoms with Gasteiger partial charge in [0.2, 0.25) is 5.91 Å². The first kappa shape index (κ1) is 14.6. The molecule has 0 saturated heterocycles. The fraction of sp³-hybridized carbons (Fsp3) is 0.462. The molecule has 1 amide bonds. The highest BCUT2D eigenvalue weighted by Crippen LogP contribution is 2.09. The molecule has 0 aliphatic heterocycles. The number of carbonyl (C=O) groups is 1. The highest BCUT2D eigenvalue weighted by atomic mass is 19.2. The number of hydrogen-bond acceptors (Lipinski definition) is 2. The fourth-order valence-electron chi connectivity index (χ4n) is 1.48. The van der Waals surface area contributed by atoms with Crippen LogP contribution in [-0.2, 0) is 11.2 Å². The van der Waals surface area contributed by atoms with Crippen LogP contribution in [0.4, 0.5) is 8.78 Å². The van der Waals surface area contributed by atoms with E-state index in [1.165, 1.54) is 6.07 Å². The minimum absolute atomic E-state index is 0.0144. The van der Waals surface area contributed by atoms with E-state index >= 15 is 0 Å². The number of nitrogens with zero attached hydrogens (tertiary/aromatic N) is 1. The van der Waals surface area contributed by atoms with Crippen molar-refractivity contribution in [2.45, 2.75) is 13.3 Å². The van der Waals surface area contributed by atoms with Crippen LogP contribution in [0.2, 0.25) is 0 Å². The van der Waals surface area contributed by atoms with E-state index < -0.39 is 11.6 Å². The molecule has 0 aromatic heterocycles. The lowest BCUT2D eigenvalue weighted by Gasteiger charge is -2.17. The number of halogens is 2. The van der Waals surface area contributed by atoms with Gasteiger partial charge < -0.3 is 10.2 Å². The van der Waals surface area contributed by atoms with E-state index in [4.69, 9.17) is 0 Å². The Hall–Kier alpha value is -1.49. The van der Waals surface area contributed by atoms with E-state index in [1.807, 2.05) is 6.92 Å². The lowest BCUT2D eigenvalue weighted by molar-refractivity contribution is -0.128. The topological polar surface area (TPSA) is 32.3 Å². The number of amides is 1. The van der Waals surface area contributed by atoms with Gasteiger partial charge >= 0.3 is 0 Å². The Balaban J connectivity index is 2.44. The summed E-state index contributed by atoms with van der Waals surface area (Å²) in [5.41, 5.74) is 0.678. The first-order valence-corrected chi connectivity index (χ1v) is 5.93. The molecule has 18 heavy (non-hydrogen) atoms. The predicted octanol–water partition coefficient (Wildman–Crippen LogP) is 1.58. The third-order valence-electron chi connectivity index (χ3n) is 2.67. The Morgan fingerprint density at radius 1 is 1.33 bits per heavy atom. The number of benzene rings is 1. The molecule has 1 aromatic carbocycles. The van der Waals surface area contributed by atoms with E-state index in [0.717, 1.165) is 18.7 Å². The molecule has 0 fully saturated rings. The molecule has 3 nitrogen and oxygen atoms in total. The van der Waals surface area contributed by atoms with Gasteiger partial charge in [0, 0.05) is 13.6 Å². The second-order valence-electron chi connectivity index (χ2n) is 4.09. The maximum absolute atomic E-state index is 13.0. The summed E-state index contributed by atoms with van der Waals surface area (Å²) in [6.45, 7) is 3.44. The van der Waals surface area contributed by atoms with Gasteiger partial charge in [0.25, 0.3) is 0 Å². The molecular formula is C13H18F2N2O. The van der Waals surface area contributed by atoms with Crippen molar-refractivity contribution in [2.75, 3.05) is 26.7 Å². The smallest absolute Gasteiger partial charge is 0.236 e. The SMILES string of the molecule is CCNCC(=O)N(C)CCc1ccc(F)c(F)c1. The summed E-state index contributed by atoms with van der Waals surface area (Å²) in [7, 11) is 1.69. The summed E-state index contributed by atoms with van der Waals surface area (Å²) < 4.78 is 25.7. The predicted molar refractivity (Wildman–Crippen MR) is 66.2 cm³/mol. The van der Waals surface area contributed by atoms with Crippen molar-refractivity contribution in [3.05, 3.63) is 35.4 Å². The van der Waals surface area contributed by atoms with Crippen molar-refractivity contribution in [3.63, 3.8) is 0 Å². The van der Waals surface area contributed by atoms with Crippen molar-refractivity contribution in [3.8, 4) is 0 Å². The van der Waals surface area contributed by atoms with Gasteiger partial charge in [-0.25, -0.2) is 8.78 Å². The average molecular weight is 256 g/mol. The molecule has 100 valence electrons. The van der Waals surface area contributed by atoms with Gasteiger partial charge in [0.1, 0.15) is 0 Å². The summed E-state index contributed by atoms with van der Waals surface area (Å²) in [6.07, 6.45) is 0.506. The number of carbonyl (C=O) groups excluding carboxylic acids is 1. The van der Waals surface area contributed by atoms with Gasteiger partial charge in [-0.3, -0.25) is 4.79 Å². The van der Waals surface area contributed by atoms with Crippen LogP contribution in [0.3, 0.4) is 0 Å².